The first-order chi connectivity index (χ1) is 11.1. The van der Waals surface area contributed by atoms with Gasteiger partial charge in [0.1, 0.15) is 0 Å². The second kappa shape index (κ2) is 8.47. The van der Waals surface area contributed by atoms with Gasteiger partial charge < -0.3 is 0 Å². The number of carbonyl (C=O) groups is 1. The van der Waals surface area contributed by atoms with Crippen LogP contribution in [-0.2, 0) is 9.63 Å². The molecule has 0 radical (unpaired) electrons. The zero-order valence-corrected chi connectivity index (χ0v) is 13.7. The van der Waals surface area contributed by atoms with Crippen LogP contribution in [0.4, 0.5) is 5.95 Å². The molecular formula is C15H14Cl2N4O2. The molecule has 1 amide bonds. The molecule has 2 aromatic rings. The highest BCUT2D eigenvalue weighted by Gasteiger charge is 2.07. The highest BCUT2D eigenvalue weighted by Crippen LogP contribution is 2.25. The Labute approximate surface area is 143 Å². The van der Waals surface area contributed by atoms with Crippen molar-refractivity contribution < 1.29 is 9.63 Å². The van der Waals surface area contributed by atoms with E-state index < -0.39 is 0 Å². The van der Waals surface area contributed by atoms with Crippen molar-refractivity contribution in [2.24, 2.45) is 0 Å². The van der Waals surface area contributed by atoms with Crippen molar-refractivity contribution in [2.75, 3.05) is 12.4 Å². The molecule has 0 spiro atoms. The third-order valence-corrected chi connectivity index (χ3v) is 3.49. The maximum Gasteiger partial charge on any atom is 0.230 e. The van der Waals surface area contributed by atoms with Crippen molar-refractivity contribution in [3.05, 3.63) is 58.3 Å². The van der Waals surface area contributed by atoms with Crippen molar-refractivity contribution in [1.82, 2.24) is 15.4 Å². The van der Waals surface area contributed by atoms with Gasteiger partial charge in [0, 0.05) is 24.4 Å². The molecule has 1 aromatic heterocycles. The van der Waals surface area contributed by atoms with Gasteiger partial charge in [-0.2, -0.15) is 0 Å². The van der Waals surface area contributed by atoms with E-state index in [4.69, 9.17) is 28.0 Å². The highest BCUT2D eigenvalue weighted by molar-refractivity contribution is 6.42. The quantitative estimate of drug-likeness (QED) is 0.780. The summed E-state index contributed by atoms with van der Waals surface area (Å²) in [6.07, 6.45) is 4.86. The fourth-order valence-corrected chi connectivity index (χ4v) is 2.02. The van der Waals surface area contributed by atoms with E-state index in [-0.39, 0.29) is 18.3 Å². The Morgan fingerprint density at radius 3 is 2.65 bits per heavy atom. The van der Waals surface area contributed by atoms with E-state index in [1.807, 2.05) is 0 Å². The van der Waals surface area contributed by atoms with Crippen LogP contribution < -0.4 is 10.8 Å². The van der Waals surface area contributed by atoms with Gasteiger partial charge in [-0.1, -0.05) is 29.3 Å². The van der Waals surface area contributed by atoms with Gasteiger partial charge in [0.15, 0.2) is 0 Å². The van der Waals surface area contributed by atoms with Crippen LogP contribution in [-0.4, -0.2) is 23.0 Å². The number of aromatic nitrogens is 2. The number of hydrogen-bond donors (Lipinski definition) is 2. The van der Waals surface area contributed by atoms with Gasteiger partial charge in [-0.15, -0.1) is 0 Å². The number of rotatable bonds is 6. The monoisotopic (exact) mass is 352 g/mol. The molecule has 120 valence electrons. The van der Waals surface area contributed by atoms with E-state index in [1.54, 1.807) is 42.7 Å². The van der Waals surface area contributed by atoms with Crippen molar-refractivity contribution in [2.45, 2.75) is 6.42 Å². The van der Waals surface area contributed by atoms with Crippen LogP contribution in [0.3, 0.4) is 0 Å². The lowest BCUT2D eigenvalue weighted by Crippen LogP contribution is -2.15. The molecule has 23 heavy (non-hydrogen) atoms. The topological polar surface area (TPSA) is 76.1 Å². The van der Waals surface area contributed by atoms with Crippen LogP contribution in [0.15, 0.2) is 42.7 Å². The fraction of sp³-hybridized carbons (Fsp3) is 0.133. The van der Waals surface area contributed by atoms with Gasteiger partial charge in [-0.05, 0) is 24.3 Å². The molecule has 0 aliphatic carbocycles. The van der Waals surface area contributed by atoms with Crippen LogP contribution in [0.25, 0.3) is 5.70 Å². The number of halogens is 2. The smallest absolute Gasteiger partial charge is 0.230 e. The summed E-state index contributed by atoms with van der Waals surface area (Å²) in [5.74, 6) is -0.00616. The fourth-order valence-electron chi connectivity index (χ4n) is 1.73. The predicted octanol–water partition coefficient (Wildman–Crippen LogP) is 3.30. The average molecular weight is 353 g/mol. The molecule has 2 N–H and O–H groups in total. The third-order valence-electron chi connectivity index (χ3n) is 2.75. The zero-order chi connectivity index (χ0) is 16.7. The first kappa shape index (κ1) is 17.2. The summed E-state index contributed by atoms with van der Waals surface area (Å²) in [7, 11) is 1.48. The number of nitrogens with zero attached hydrogens (tertiary/aromatic N) is 2. The number of nitrogens with one attached hydrogen (secondary N) is 2. The maximum atomic E-state index is 11.9. The first-order valence-electron chi connectivity index (χ1n) is 6.61. The largest absolute Gasteiger partial charge is 0.294 e. The second-order valence-electron chi connectivity index (χ2n) is 4.38. The van der Waals surface area contributed by atoms with E-state index in [9.17, 15) is 4.79 Å². The molecule has 0 aliphatic rings. The van der Waals surface area contributed by atoms with Crippen LogP contribution in [0.2, 0.25) is 10.0 Å². The number of carbonyl (C=O) groups excluding carboxylic acids is 1. The molecule has 1 heterocycles. The first-order valence-corrected chi connectivity index (χ1v) is 7.37. The van der Waals surface area contributed by atoms with Crippen molar-refractivity contribution in [3.8, 4) is 0 Å². The van der Waals surface area contributed by atoms with E-state index in [2.05, 4.69) is 20.8 Å². The summed E-state index contributed by atoms with van der Waals surface area (Å²) in [6.45, 7) is 0. The average Bonchev–Trinajstić information content (AvgIpc) is 2.55. The van der Waals surface area contributed by atoms with Gasteiger partial charge in [-0.3, -0.25) is 20.4 Å². The Balaban J connectivity index is 2.09. The minimum absolute atomic E-state index is 0.101. The normalized spacial score (nSPS) is 11.2. The maximum absolute atomic E-state index is 11.9. The summed E-state index contributed by atoms with van der Waals surface area (Å²) in [6, 6.07) is 6.78. The van der Waals surface area contributed by atoms with Crippen molar-refractivity contribution >= 4 is 40.8 Å². The minimum atomic E-state index is -0.258. The SMILES string of the molecule is CONC(=CCC(=O)Nc1ncccn1)c1ccc(Cl)c(Cl)c1. The molecule has 0 saturated carbocycles. The van der Waals surface area contributed by atoms with Crippen LogP contribution in [0.1, 0.15) is 12.0 Å². The predicted molar refractivity (Wildman–Crippen MR) is 89.9 cm³/mol. The number of hydroxylamine groups is 1. The van der Waals surface area contributed by atoms with E-state index >= 15 is 0 Å². The molecule has 0 atom stereocenters. The highest BCUT2D eigenvalue weighted by atomic mass is 35.5. The summed E-state index contributed by atoms with van der Waals surface area (Å²) in [5.41, 5.74) is 4.05. The van der Waals surface area contributed by atoms with Crippen molar-refractivity contribution in [3.63, 3.8) is 0 Å². The molecule has 1 aromatic carbocycles. The third kappa shape index (κ3) is 5.21. The van der Waals surface area contributed by atoms with Crippen LogP contribution in [0.5, 0.6) is 0 Å². The van der Waals surface area contributed by atoms with E-state index in [0.717, 1.165) is 5.56 Å². The molecule has 8 heteroatoms. The van der Waals surface area contributed by atoms with E-state index in [1.165, 1.54) is 7.11 Å². The molecule has 2 rings (SSSR count). The Hall–Kier alpha value is -2.15. The Kier molecular flexibility index (Phi) is 6.34. The Morgan fingerprint density at radius 1 is 1.26 bits per heavy atom. The van der Waals surface area contributed by atoms with E-state index in [0.29, 0.717) is 15.7 Å². The summed E-state index contributed by atoms with van der Waals surface area (Å²) < 4.78 is 0. The number of benzene rings is 1. The minimum Gasteiger partial charge on any atom is -0.294 e. The molecule has 0 aliphatic heterocycles. The molecule has 0 bridgehead atoms. The van der Waals surface area contributed by atoms with Gasteiger partial charge >= 0.3 is 0 Å². The molecule has 0 fully saturated rings. The lowest BCUT2D eigenvalue weighted by Gasteiger charge is -2.10. The zero-order valence-electron chi connectivity index (χ0n) is 12.2. The lowest BCUT2D eigenvalue weighted by atomic mass is 10.1. The molecule has 0 saturated heterocycles. The van der Waals surface area contributed by atoms with Crippen LogP contribution in [0, 0.1) is 0 Å². The van der Waals surface area contributed by atoms with Crippen LogP contribution >= 0.6 is 23.2 Å². The van der Waals surface area contributed by atoms with Gasteiger partial charge in [0.25, 0.3) is 0 Å². The molecule has 0 unspecified atom stereocenters. The number of anilines is 1. The van der Waals surface area contributed by atoms with Gasteiger partial charge in [0.2, 0.25) is 11.9 Å². The Bertz CT molecular complexity index is 708. The number of amides is 1. The summed E-state index contributed by atoms with van der Waals surface area (Å²) in [4.78, 5) is 24.7. The van der Waals surface area contributed by atoms with Gasteiger partial charge in [0.05, 0.1) is 22.9 Å². The standard InChI is InChI=1S/C15H14Cl2N4O2/c1-23-21-13(10-3-4-11(16)12(17)9-10)5-6-14(22)20-15-18-7-2-8-19-15/h2-5,7-9,21H,6H2,1H3,(H,18,19,20,22). The summed E-state index contributed by atoms with van der Waals surface area (Å²) >= 11 is 11.9. The second-order valence-corrected chi connectivity index (χ2v) is 5.19. The van der Waals surface area contributed by atoms with Gasteiger partial charge in [-0.25, -0.2) is 9.97 Å². The van der Waals surface area contributed by atoms with Crippen molar-refractivity contribution in [1.29, 1.82) is 0 Å². The molecule has 6 nitrogen and oxygen atoms in total. The summed E-state index contributed by atoms with van der Waals surface area (Å²) in [5, 5.41) is 3.45. The molecular weight excluding hydrogens is 339 g/mol. The lowest BCUT2D eigenvalue weighted by molar-refractivity contribution is -0.115. The number of hydrogen-bond acceptors (Lipinski definition) is 5. The Morgan fingerprint density at radius 2 is 2.00 bits per heavy atom.